The average molecular weight is 296 g/mol. The van der Waals surface area contributed by atoms with E-state index in [1.165, 1.54) is 0 Å². The Morgan fingerprint density at radius 2 is 2.20 bits per heavy atom. The van der Waals surface area contributed by atoms with E-state index in [4.69, 9.17) is 11.6 Å². The summed E-state index contributed by atoms with van der Waals surface area (Å²) in [5.41, 5.74) is 0.782. The third-order valence-corrected chi connectivity index (χ3v) is 3.78. The second-order valence-electron chi connectivity index (χ2n) is 5.13. The van der Waals surface area contributed by atoms with Gasteiger partial charge in [0.1, 0.15) is 0 Å². The molecule has 0 saturated carbocycles. The van der Waals surface area contributed by atoms with Gasteiger partial charge in [-0.15, -0.1) is 0 Å². The number of carbonyl (C=O) groups is 1. The molecule has 2 amide bonds. The molecular formula is C15H22ClN3O. The SMILES string of the molecule is CCCN(C(=O)Nc1ccc(Cl)cc1)C1CCCNC1. The van der Waals surface area contributed by atoms with E-state index < -0.39 is 0 Å². The van der Waals surface area contributed by atoms with Crippen LogP contribution in [0.2, 0.25) is 5.02 Å². The van der Waals surface area contributed by atoms with E-state index in [2.05, 4.69) is 17.6 Å². The van der Waals surface area contributed by atoms with Crippen LogP contribution in [-0.2, 0) is 0 Å². The van der Waals surface area contributed by atoms with E-state index in [1.54, 1.807) is 12.1 Å². The zero-order valence-corrected chi connectivity index (χ0v) is 12.6. The van der Waals surface area contributed by atoms with Crippen molar-refractivity contribution in [2.75, 3.05) is 25.0 Å². The molecule has 1 aromatic carbocycles. The smallest absolute Gasteiger partial charge is 0.320 e. The topological polar surface area (TPSA) is 44.4 Å². The molecule has 20 heavy (non-hydrogen) atoms. The van der Waals surface area contributed by atoms with Gasteiger partial charge in [-0.2, -0.15) is 0 Å². The van der Waals surface area contributed by atoms with Crippen LogP contribution < -0.4 is 10.6 Å². The molecule has 0 bridgehead atoms. The normalized spacial score (nSPS) is 18.6. The molecule has 1 fully saturated rings. The Labute approximate surface area is 125 Å². The molecule has 1 aromatic rings. The largest absolute Gasteiger partial charge is 0.322 e. The number of hydrogen-bond acceptors (Lipinski definition) is 2. The summed E-state index contributed by atoms with van der Waals surface area (Å²) in [7, 11) is 0. The van der Waals surface area contributed by atoms with Crippen LogP contribution in [-0.4, -0.2) is 36.6 Å². The number of nitrogens with one attached hydrogen (secondary N) is 2. The summed E-state index contributed by atoms with van der Waals surface area (Å²) in [6.07, 6.45) is 3.16. The zero-order valence-electron chi connectivity index (χ0n) is 11.9. The molecule has 1 aliphatic rings. The Bertz CT molecular complexity index is 429. The van der Waals surface area contributed by atoms with E-state index in [1.807, 2.05) is 17.0 Å². The summed E-state index contributed by atoms with van der Waals surface area (Å²) < 4.78 is 0. The summed E-state index contributed by atoms with van der Waals surface area (Å²) in [5, 5.41) is 6.98. The van der Waals surface area contributed by atoms with E-state index in [0.717, 1.165) is 44.6 Å². The van der Waals surface area contributed by atoms with Gasteiger partial charge in [0.15, 0.2) is 0 Å². The summed E-state index contributed by atoms with van der Waals surface area (Å²) in [6.45, 7) is 4.81. The summed E-state index contributed by atoms with van der Waals surface area (Å²) >= 11 is 5.85. The lowest BCUT2D eigenvalue weighted by Gasteiger charge is -2.34. The fourth-order valence-corrected chi connectivity index (χ4v) is 2.64. The third kappa shape index (κ3) is 4.12. The number of carbonyl (C=O) groups excluding carboxylic acids is 1. The Kier molecular flexibility index (Phi) is 5.68. The van der Waals surface area contributed by atoms with Crippen LogP contribution in [0, 0.1) is 0 Å². The predicted octanol–water partition coefficient (Wildman–Crippen LogP) is 3.34. The van der Waals surface area contributed by atoms with Crippen molar-refractivity contribution < 1.29 is 4.79 Å². The Hall–Kier alpha value is -1.26. The first kappa shape index (κ1) is 15.1. The highest BCUT2D eigenvalue weighted by molar-refractivity contribution is 6.30. The monoisotopic (exact) mass is 295 g/mol. The van der Waals surface area contributed by atoms with Crippen molar-refractivity contribution in [1.29, 1.82) is 0 Å². The summed E-state index contributed by atoms with van der Waals surface area (Å²) in [5.74, 6) is 0. The van der Waals surface area contributed by atoms with Crippen molar-refractivity contribution in [2.24, 2.45) is 0 Å². The molecule has 1 heterocycles. The first-order chi connectivity index (χ1) is 9.70. The van der Waals surface area contributed by atoms with Crippen molar-refractivity contribution in [3.05, 3.63) is 29.3 Å². The lowest BCUT2D eigenvalue weighted by Crippen LogP contribution is -2.50. The number of amides is 2. The van der Waals surface area contributed by atoms with Gasteiger partial charge in [0.25, 0.3) is 0 Å². The van der Waals surface area contributed by atoms with Crippen molar-refractivity contribution in [2.45, 2.75) is 32.2 Å². The van der Waals surface area contributed by atoms with Gasteiger partial charge in [-0.3, -0.25) is 0 Å². The Morgan fingerprint density at radius 3 is 2.80 bits per heavy atom. The molecule has 0 spiro atoms. The van der Waals surface area contributed by atoms with Crippen LogP contribution in [0.1, 0.15) is 26.2 Å². The molecule has 4 nitrogen and oxygen atoms in total. The predicted molar refractivity (Wildman–Crippen MR) is 83.4 cm³/mol. The number of rotatable bonds is 4. The zero-order chi connectivity index (χ0) is 14.4. The standard InChI is InChI=1S/C15H22ClN3O/c1-2-10-19(14-4-3-9-17-11-14)15(20)18-13-7-5-12(16)6-8-13/h5-8,14,17H,2-4,9-11H2,1H3,(H,18,20). The first-order valence-electron chi connectivity index (χ1n) is 7.24. The number of hydrogen-bond donors (Lipinski definition) is 2. The second kappa shape index (κ2) is 7.50. The van der Waals surface area contributed by atoms with E-state index >= 15 is 0 Å². The minimum Gasteiger partial charge on any atom is -0.320 e. The van der Waals surface area contributed by atoms with Crippen molar-refractivity contribution in [3.8, 4) is 0 Å². The van der Waals surface area contributed by atoms with Gasteiger partial charge in [-0.25, -0.2) is 4.79 Å². The van der Waals surface area contributed by atoms with Crippen molar-refractivity contribution in [3.63, 3.8) is 0 Å². The van der Waals surface area contributed by atoms with Gasteiger partial charge < -0.3 is 15.5 Å². The van der Waals surface area contributed by atoms with Gasteiger partial charge in [0.05, 0.1) is 0 Å². The highest BCUT2D eigenvalue weighted by Gasteiger charge is 2.24. The highest BCUT2D eigenvalue weighted by atomic mass is 35.5. The number of urea groups is 1. The third-order valence-electron chi connectivity index (χ3n) is 3.53. The van der Waals surface area contributed by atoms with Crippen LogP contribution in [0.5, 0.6) is 0 Å². The molecule has 1 saturated heterocycles. The van der Waals surface area contributed by atoms with Crippen LogP contribution in [0.25, 0.3) is 0 Å². The average Bonchev–Trinajstić information content (AvgIpc) is 2.48. The molecule has 2 N–H and O–H groups in total. The first-order valence-corrected chi connectivity index (χ1v) is 7.62. The second-order valence-corrected chi connectivity index (χ2v) is 5.57. The van der Waals surface area contributed by atoms with Gasteiger partial charge in [-0.1, -0.05) is 18.5 Å². The number of benzene rings is 1. The number of halogens is 1. The molecule has 2 rings (SSSR count). The van der Waals surface area contributed by atoms with Crippen LogP contribution >= 0.6 is 11.6 Å². The molecule has 1 aliphatic heterocycles. The quantitative estimate of drug-likeness (QED) is 0.895. The molecule has 0 radical (unpaired) electrons. The van der Waals surface area contributed by atoms with Crippen LogP contribution in [0.3, 0.4) is 0 Å². The van der Waals surface area contributed by atoms with E-state index in [9.17, 15) is 4.79 Å². The Balaban J connectivity index is 2.00. The molecule has 1 unspecified atom stereocenters. The van der Waals surface area contributed by atoms with Crippen LogP contribution in [0.4, 0.5) is 10.5 Å². The minimum absolute atomic E-state index is 0.0251. The number of anilines is 1. The number of nitrogens with zero attached hydrogens (tertiary/aromatic N) is 1. The molecule has 1 atom stereocenters. The van der Waals surface area contributed by atoms with E-state index in [-0.39, 0.29) is 12.1 Å². The highest BCUT2D eigenvalue weighted by Crippen LogP contribution is 2.16. The van der Waals surface area contributed by atoms with Gasteiger partial charge in [0.2, 0.25) is 0 Å². The van der Waals surface area contributed by atoms with Crippen LogP contribution in [0.15, 0.2) is 24.3 Å². The lowest BCUT2D eigenvalue weighted by atomic mass is 10.1. The maximum atomic E-state index is 12.4. The fraction of sp³-hybridized carbons (Fsp3) is 0.533. The summed E-state index contributed by atoms with van der Waals surface area (Å²) in [4.78, 5) is 14.4. The van der Waals surface area contributed by atoms with Gasteiger partial charge in [0, 0.05) is 29.8 Å². The Morgan fingerprint density at radius 1 is 1.45 bits per heavy atom. The molecule has 5 heteroatoms. The lowest BCUT2D eigenvalue weighted by molar-refractivity contribution is 0.173. The minimum atomic E-state index is -0.0251. The maximum Gasteiger partial charge on any atom is 0.322 e. The van der Waals surface area contributed by atoms with Crippen molar-refractivity contribution in [1.82, 2.24) is 10.2 Å². The van der Waals surface area contributed by atoms with E-state index in [0.29, 0.717) is 5.02 Å². The molecular weight excluding hydrogens is 274 g/mol. The molecule has 110 valence electrons. The maximum absolute atomic E-state index is 12.4. The summed E-state index contributed by atoms with van der Waals surface area (Å²) in [6, 6.07) is 7.47. The fourth-order valence-electron chi connectivity index (χ4n) is 2.52. The van der Waals surface area contributed by atoms with Crippen molar-refractivity contribution >= 4 is 23.3 Å². The number of piperidine rings is 1. The molecule has 0 aromatic heterocycles. The van der Waals surface area contributed by atoms with Gasteiger partial charge >= 0.3 is 6.03 Å². The van der Waals surface area contributed by atoms with Gasteiger partial charge in [-0.05, 0) is 50.1 Å². The molecule has 0 aliphatic carbocycles.